The zero-order chi connectivity index (χ0) is 16.7. The molecule has 5 heteroatoms. The molecule has 0 saturated carbocycles. The number of hydrogen-bond acceptors (Lipinski definition) is 4. The summed E-state index contributed by atoms with van der Waals surface area (Å²) in [5, 5.41) is 0.480. The Morgan fingerprint density at radius 3 is 2.92 bits per heavy atom. The second kappa shape index (κ2) is 5.87. The Balaban J connectivity index is 1.70. The van der Waals surface area contributed by atoms with Crippen molar-refractivity contribution in [2.45, 2.75) is 19.8 Å². The molecule has 0 fully saturated rings. The van der Waals surface area contributed by atoms with Gasteiger partial charge in [0, 0.05) is 19.0 Å². The van der Waals surface area contributed by atoms with E-state index < -0.39 is 0 Å². The maximum atomic E-state index is 6.45. The SMILES string of the molecule is COc1cccc(Cc2nc(Cl)c3c(n2)Cc2cc(C)cnc2-3)c1. The number of nitrogens with zero attached hydrogens (tertiary/aromatic N) is 3. The summed E-state index contributed by atoms with van der Waals surface area (Å²) >= 11 is 6.45. The van der Waals surface area contributed by atoms with E-state index in [0.717, 1.165) is 46.1 Å². The lowest BCUT2D eigenvalue weighted by Gasteiger charge is -2.07. The molecule has 120 valence electrons. The molecule has 0 amide bonds. The van der Waals surface area contributed by atoms with Gasteiger partial charge in [0.15, 0.2) is 0 Å². The van der Waals surface area contributed by atoms with Gasteiger partial charge in [0.25, 0.3) is 0 Å². The molecular weight excluding hydrogens is 322 g/mol. The fraction of sp³-hybridized carbons (Fsp3) is 0.211. The summed E-state index contributed by atoms with van der Waals surface area (Å²) in [6, 6.07) is 10.1. The predicted molar refractivity (Wildman–Crippen MR) is 93.6 cm³/mol. The van der Waals surface area contributed by atoms with Crippen LogP contribution in [0.25, 0.3) is 11.3 Å². The van der Waals surface area contributed by atoms with Crippen LogP contribution in [0.1, 0.15) is 28.2 Å². The van der Waals surface area contributed by atoms with Crippen LogP contribution in [0.3, 0.4) is 0 Å². The lowest BCUT2D eigenvalue weighted by molar-refractivity contribution is 0.414. The highest BCUT2D eigenvalue weighted by Gasteiger charge is 2.25. The fourth-order valence-corrected chi connectivity index (χ4v) is 3.40. The van der Waals surface area contributed by atoms with E-state index in [2.05, 4.69) is 16.0 Å². The molecule has 1 aliphatic rings. The first kappa shape index (κ1) is 15.1. The molecule has 24 heavy (non-hydrogen) atoms. The minimum atomic E-state index is 0.480. The van der Waals surface area contributed by atoms with Gasteiger partial charge in [0.2, 0.25) is 0 Å². The van der Waals surface area contributed by atoms with Crippen molar-refractivity contribution in [3.05, 3.63) is 69.9 Å². The molecule has 0 unspecified atom stereocenters. The molecule has 1 aliphatic carbocycles. The Labute approximate surface area is 145 Å². The summed E-state index contributed by atoms with van der Waals surface area (Å²) in [6.07, 6.45) is 3.23. The molecule has 0 bridgehead atoms. The summed E-state index contributed by atoms with van der Waals surface area (Å²) in [5.41, 5.74) is 6.15. The number of rotatable bonds is 3. The Bertz CT molecular complexity index is 940. The van der Waals surface area contributed by atoms with Gasteiger partial charge in [0.1, 0.15) is 16.7 Å². The number of benzene rings is 1. The third-order valence-electron chi connectivity index (χ3n) is 4.18. The lowest BCUT2D eigenvalue weighted by Crippen LogP contribution is -2.01. The molecule has 1 aromatic carbocycles. The normalized spacial score (nSPS) is 12.0. The van der Waals surface area contributed by atoms with Crippen LogP contribution in [0.15, 0.2) is 36.5 Å². The van der Waals surface area contributed by atoms with Crippen molar-refractivity contribution in [2.75, 3.05) is 7.11 Å². The van der Waals surface area contributed by atoms with Gasteiger partial charge in [-0.15, -0.1) is 0 Å². The summed E-state index contributed by atoms with van der Waals surface area (Å²) in [4.78, 5) is 13.7. The van der Waals surface area contributed by atoms with Crippen molar-refractivity contribution in [1.29, 1.82) is 0 Å². The van der Waals surface area contributed by atoms with Gasteiger partial charge in [-0.1, -0.05) is 29.8 Å². The fourth-order valence-electron chi connectivity index (χ4n) is 3.10. The molecule has 4 nitrogen and oxygen atoms in total. The van der Waals surface area contributed by atoms with E-state index in [-0.39, 0.29) is 0 Å². The third-order valence-corrected chi connectivity index (χ3v) is 4.45. The molecule has 0 aliphatic heterocycles. The van der Waals surface area contributed by atoms with E-state index in [1.807, 2.05) is 37.4 Å². The van der Waals surface area contributed by atoms with Gasteiger partial charge in [-0.3, -0.25) is 4.98 Å². The third kappa shape index (κ3) is 2.63. The molecular formula is C19H16ClN3O. The first-order valence-corrected chi connectivity index (χ1v) is 8.16. The Kier molecular flexibility index (Phi) is 3.69. The maximum absolute atomic E-state index is 6.45. The quantitative estimate of drug-likeness (QED) is 0.530. The number of aryl methyl sites for hydroxylation is 1. The van der Waals surface area contributed by atoms with Crippen LogP contribution in [-0.2, 0) is 12.8 Å². The lowest BCUT2D eigenvalue weighted by atomic mass is 10.1. The zero-order valence-corrected chi connectivity index (χ0v) is 14.3. The average molecular weight is 338 g/mol. The summed E-state index contributed by atoms with van der Waals surface area (Å²) < 4.78 is 5.27. The first-order valence-electron chi connectivity index (χ1n) is 7.78. The first-order chi connectivity index (χ1) is 11.6. The van der Waals surface area contributed by atoms with E-state index in [1.54, 1.807) is 7.11 Å². The molecule has 0 saturated heterocycles. The summed E-state index contributed by atoms with van der Waals surface area (Å²) in [6.45, 7) is 2.04. The van der Waals surface area contributed by atoms with Gasteiger partial charge in [-0.25, -0.2) is 9.97 Å². The van der Waals surface area contributed by atoms with E-state index in [1.165, 1.54) is 5.56 Å². The zero-order valence-electron chi connectivity index (χ0n) is 13.5. The van der Waals surface area contributed by atoms with E-state index in [9.17, 15) is 0 Å². The number of ether oxygens (including phenoxy) is 1. The smallest absolute Gasteiger partial charge is 0.142 e. The Morgan fingerprint density at radius 1 is 1.21 bits per heavy atom. The molecule has 0 atom stereocenters. The molecule has 0 radical (unpaired) electrons. The summed E-state index contributed by atoms with van der Waals surface area (Å²) in [5.74, 6) is 1.54. The van der Waals surface area contributed by atoms with E-state index in [0.29, 0.717) is 11.6 Å². The second-order valence-corrected chi connectivity index (χ2v) is 6.34. The average Bonchev–Trinajstić information content (AvgIpc) is 2.92. The predicted octanol–water partition coefficient (Wildman–Crippen LogP) is 4.00. The Hall–Kier alpha value is -2.46. The number of aromatic nitrogens is 3. The molecule has 4 rings (SSSR count). The molecule has 0 spiro atoms. The molecule has 2 aromatic heterocycles. The molecule has 2 heterocycles. The molecule has 0 N–H and O–H groups in total. The van der Waals surface area contributed by atoms with E-state index in [4.69, 9.17) is 21.3 Å². The number of hydrogen-bond donors (Lipinski definition) is 0. The van der Waals surface area contributed by atoms with Crippen LogP contribution in [0, 0.1) is 6.92 Å². The maximum Gasteiger partial charge on any atom is 0.142 e. The van der Waals surface area contributed by atoms with Crippen LogP contribution in [0.4, 0.5) is 0 Å². The largest absolute Gasteiger partial charge is 0.497 e. The van der Waals surface area contributed by atoms with Gasteiger partial charge >= 0.3 is 0 Å². The minimum absolute atomic E-state index is 0.480. The van der Waals surface area contributed by atoms with Gasteiger partial charge in [-0.05, 0) is 35.7 Å². The van der Waals surface area contributed by atoms with Crippen molar-refractivity contribution in [1.82, 2.24) is 15.0 Å². The van der Waals surface area contributed by atoms with Crippen molar-refractivity contribution in [3.63, 3.8) is 0 Å². The van der Waals surface area contributed by atoms with Crippen LogP contribution in [-0.4, -0.2) is 22.1 Å². The van der Waals surface area contributed by atoms with Crippen molar-refractivity contribution < 1.29 is 4.74 Å². The van der Waals surface area contributed by atoms with Crippen LogP contribution < -0.4 is 4.74 Å². The highest BCUT2D eigenvalue weighted by molar-refractivity contribution is 6.32. The number of methoxy groups -OCH3 is 1. The monoisotopic (exact) mass is 337 g/mol. The second-order valence-electron chi connectivity index (χ2n) is 5.98. The summed E-state index contributed by atoms with van der Waals surface area (Å²) in [7, 11) is 1.66. The van der Waals surface area contributed by atoms with Crippen LogP contribution in [0.5, 0.6) is 5.75 Å². The van der Waals surface area contributed by atoms with Crippen molar-refractivity contribution >= 4 is 11.6 Å². The minimum Gasteiger partial charge on any atom is -0.497 e. The Morgan fingerprint density at radius 2 is 2.08 bits per heavy atom. The standard InChI is InChI=1S/C19H16ClN3O/c1-11-6-13-9-15-17(18(13)21-10-11)19(20)23-16(22-15)8-12-4-3-5-14(7-12)24-2/h3-7,10H,8-9H2,1-2H3. The van der Waals surface area contributed by atoms with E-state index >= 15 is 0 Å². The number of halogens is 1. The highest BCUT2D eigenvalue weighted by Crippen LogP contribution is 2.38. The topological polar surface area (TPSA) is 47.9 Å². The van der Waals surface area contributed by atoms with Crippen LogP contribution in [0.2, 0.25) is 5.15 Å². The number of pyridine rings is 1. The molecule has 3 aromatic rings. The van der Waals surface area contributed by atoms with Gasteiger partial charge < -0.3 is 4.74 Å². The highest BCUT2D eigenvalue weighted by atomic mass is 35.5. The van der Waals surface area contributed by atoms with Crippen molar-refractivity contribution in [2.24, 2.45) is 0 Å². The number of fused-ring (bicyclic) bond motifs is 3. The van der Waals surface area contributed by atoms with Crippen LogP contribution >= 0.6 is 11.6 Å². The van der Waals surface area contributed by atoms with Gasteiger partial charge in [-0.2, -0.15) is 0 Å². The van der Waals surface area contributed by atoms with Crippen molar-refractivity contribution in [3.8, 4) is 17.0 Å². The van der Waals surface area contributed by atoms with Gasteiger partial charge in [0.05, 0.1) is 24.1 Å².